The maximum Gasteiger partial charge on any atom is 0.373 e. The molecule has 3 rings (SSSR count). The minimum Gasteiger partial charge on any atom is -0.493 e. The number of aromatic nitrogens is 2. The molecule has 0 aliphatic rings. The van der Waals surface area contributed by atoms with E-state index in [1.54, 1.807) is 12.1 Å². The van der Waals surface area contributed by atoms with Gasteiger partial charge in [0.1, 0.15) is 11.5 Å². The lowest BCUT2D eigenvalue weighted by molar-refractivity contribution is 0.0563. The van der Waals surface area contributed by atoms with E-state index in [2.05, 4.69) is 14.9 Å². The molecule has 3 aromatic rings. The second kappa shape index (κ2) is 8.09. The van der Waals surface area contributed by atoms with Crippen LogP contribution in [-0.4, -0.2) is 29.9 Å². The van der Waals surface area contributed by atoms with Crippen LogP contribution in [0.3, 0.4) is 0 Å². The molecule has 0 spiro atoms. The topological polar surface area (TPSA) is 87.6 Å². The molecule has 0 fully saturated rings. The fraction of sp³-hybridized carbons (Fsp3) is 0.278. The SMILES string of the molecule is CCOc1ccccc1-c1nnc(SC(C)c2ccc(C(=O)OC)o2)o1. The maximum atomic E-state index is 11.5. The number of methoxy groups -OCH3 is 1. The van der Waals surface area contributed by atoms with E-state index < -0.39 is 5.97 Å². The predicted octanol–water partition coefficient (Wildman–Crippen LogP) is 4.37. The summed E-state index contributed by atoms with van der Waals surface area (Å²) < 4.78 is 21.5. The molecule has 0 bridgehead atoms. The van der Waals surface area contributed by atoms with Gasteiger partial charge in [-0.2, -0.15) is 0 Å². The summed E-state index contributed by atoms with van der Waals surface area (Å²) in [4.78, 5) is 11.5. The highest BCUT2D eigenvalue weighted by atomic mass is 32.2. The molecule has 8 heteroatoms. The summed E-state index contributed by atoms with van der Waals surface area (Å²) in [7, 11) is 1.31. The third kappa shape index (κ3) is 3.91. The normalized spacial score (nSPS) is 12.0. The van der Waals surface area contributed by atoms with Crippen molar-refractivity contribution < 1.29 is 23.1 Å². The molecule has 0 saturated heterocycles. The van der Waals surface area contributed by atoms with Gasteiger partial charge in [-0.1, -0.05) is 23.9 Å². The Kier molecular flexibility index (Phi) is 5.62. The first kappa shape index (κ1) is 18.1. The summed E-state index contributed by atoms with van der Waals surface area (Å²) in [5, 5.41) is 8.45. The van der Waals surface area contributed by atoms with E-state index >= 15 is 0 Å². The molecule has 1 unspecified atom stereocenters. The third-order valence-electron chi connectivity index (χ3n) is 3.52. The number of thioether (sulfide) groups is 1. The molecule has 0 saturated carbocycles. The van der Waals surface area contributed by atoms with Crippen LogP contribution in [0, 0.1) is 0 Å². The van der Waals surface area contributed by atoms with Gasteiger partial charge in [-0.15, -0.1) is 10.2 Å². The van der Waals surface area contributed by atoms with Crippen LogP contribution < -0.4 is 4.74 Å². The number of benzene rings is 1. The van der Waals surface area contributed by atoms with Crippen molar-refractivity contribution in [1.29, 1.82) is 0 Å². The standard InChI is InChI=1S/C18H18N2O5S/c1-4-23-14-8-6-5-7-12(14)16-19-20-18(25-16)26-11(2)13-9-10-15(24-13)17(21)22-3/h5-11H,4H2,1-3H3. The molecule has 2 heterocycles. The third-order valence-corrected chi connectivity index (χ3v) is 4.47. The molecule has 7 nitrogen and oxygen atoms in total. The lowest BCUT2D eigenvalue weighted by Crippen LogP contribution is -1.98. The van der Waals surface area contributed by atoms with Gasteiger partial charge in [0.15, 0.2) is 0 Å². The average Bonchev–Trinajstić information content (AvgIpc) is 3.31. The van der Waals surface area contributed by atoms with Crippen molar-refractivity contribution in [3.63, 3.8) is 0 Å². The minimum absolute atomic E-state index is 0.121. The second-order valence-electron chi connectivity index (χ2n) is 5.26. The van der Waals surface area contributed by atoms with Crippen molar-refractivity contribution in [2.75, 3.05) is 13.7 Å². The van der Waals surface area contributed by atoms with E-state index in [4.69, 9.17) is 13.6 Å². The van der Waals surface area contributed by atoms with Crippen LogP contribution in [0.2, 0.25) is 0 Å². The molecule has 1 atom stereocenters. The van der Waals surface area contributed by atoms with Crippen LogP contribution in [0.5, 0.6) is 5.75 Å². The summed E-state index contributed by atoms with van der Waals surface area (Å²) in [6.07, 6.45) is 0. The minimum atomic E-state index is -0.513. The lowest BCUT2D eigenvalue weighted by Gasteiger charge is -2.06. The highest BCUT2D eigenvalue weighted by Gasteiger charge is 2.20. The average molecular weight is 374 g/mol. The molecule has 0 amide bonds. The van der Waals surface area contributed by atoms with Crippen molar-refractivity contribution in [2.45, 2.75) is 24.3 Å². The van der Waals surface area contributed by atoms with E-state index in [-0.39, 0.29) is 11.0 Å². The number of hydrogen-bond donors (Lipinski definition) is 0. The van der Waals surface area contributed by atoms with Crippen molar-refractivity contribution >= 4 is 17.7 Å². The number of carbonyl (C=O) groups is 1. The van der Waals surface area contributed by atoms with Crippen molar-refractivity contribution in [2.24, 2.45) is 0 Å². The highest BCUT2D eigenvalue weighted by Crippen LogP contribution is 2.37. The molecule has 1 aromatic carbocycles. The molecule has 2 aromatic heterocycles. The van der Waals surface area contributed by atoms with E-state index in [1.165, 1.54) is 18.9 Å². The van der Waals surface area contributed by atoms with E-state index in [1.807, 2.05) is 38.1 Å². The number of nitrogens with zero attached hydrogens (tertiary/aromatic N) is 2. The summed E-state index contributed by atoms with van der Waals surface area (Å²) >= 11 is 1.34. The monoisotopic (exact) mass is 374 g/mol. The van der Waals surface area contributed by atoms with Crippen LogP contribution >= 0.6 is 11.8 Å². The first-order valence-electron chi connectivity index (χ1n) is 8.02. The van der Waals surface area contributed by atoms with E-state index in [9.17, 15) is 4.79 Å². The predicted molar refractivity (Wildman–Crippen MR) is 95.2 cm³/mol. The zero-order valence-corrected chi connectivity index (χ0v) is 15.4. The summed E-state index contributed by atoms with van der Waals surface area (Å²) in [5.41, 5.74) is 0.743. The van der Waals surface area contributed by atoms with Crippen LogP contribution in [0.15, 0.2) is 50.5 Å². The largest absolute Gasteiger partial charge is 0.493 e. The Hall–Kier alpha value is -2.74. The van der Waals surface area contributed by atoms with Crippen molar-refractivity contribution in [3.8, 4) is 17.2 Å². The molecule has 26 heavy (non-hydrogen) atoms. The quantitative estimate of drug-likeness (QED) is 0.445. The van der Waals surface area contributed by atoms with Crippen LogP contribution in [-0.2, 0) is 4.74 Å². The number of furan rings is 1. The zero-order chi connectivity index (χ0) is 18.5. The van der Waals surface area contributed by atoms with Gasteiger partial charge in [0.25, 0.3) is 11.1 Å². The Balaban J connectivity index is 1.74. The van der Waals surface area contributed by atoms with Gasteiger partial charge in [0, 0.05) is 0 Å². The molecule has 0 radical (unpaired) electrons. The number of rotatable bonds is 7. The molecule has 0 aliphatic carbocycles. The number of ether oxygens (including phenoxy) is 2. The second-order valence-corrected chi connectivity index (χ2v) is 6.55. The first-order valence-corrected chi connectivity index (χ1v) is 8.90. The molecular formula is C18H18N2O5S. The number of carbonyl (C=O) groups excluding carboxylic acids is 1. The van der Waals surface area contributed by atoms with Gasteiger partial charge in [-0.25, -0.2) is 4.79 Å². The molecule has 0 N–H and O–H groups in total. The Labute approximate surface area is 154 Å². The smallest absolute Gasteiger partial charge is 0.373 e. The molecular weight excluding hydrogens is 356 g/mol. The van der Waals surface area contributed by atoms with Gasteiger partial charge in [-0.05, 0) is 38.1 Å². The van der Waals surface area contributed by atoms with Gasteiger partial charge < -0.3 is 18.3 Å². The van der Waals surface area contributed by atoms with Crippen molar-refractivity contribution in [1.82, 2.24) is 10.2 Å². The molecule has 136 valence electrons. The van der Waals surface area contributed by atoms with E-state index in [0.29, 0.717) is 29.2 Å². The van der Waals surface area contributed by atoms with Crippen LogP contribution in [0.1, 0.15) is 35.4 Å². The van der Waals surface area contributed by atoms with Crippen molar-refractivity contribution in [3.05, 3.63) is 47.9 Å². The van der Waals surface area contributed by atoms with Gasteiger partial charge >= 0.3 is 5.97 Å². The summed E-state index contributed by atoms with van der Waals surface area (Å²) in [5.74, 6) is 1.34. The van der Waals surface area contributed by atoms with Gasteiger partial charge in [0.05, 0.1) is 24.5 Å². The van der Waals surface area contributed by atoms with Gasteiger partial charge in [0.2, 0.25) is 5.76 Å². The summed E-state index contributed by atoms with van der Waals surface area (Å²) in [6.45, 7) is 4.38. The lowest BCUT2D eigenvalue weighted by atomic mass is 10.2. The Morgan fingerprint density at radius 3 is 2.77 bits per heavy atom. The Morgan fingerprint density at radius 2 is 2.00 bits per heavy atom. The van der Waals surface area contributed by atoms with E-state index in [0.717, 1.165) is 5.56 Å². The number of hydrogen-bond acceptors (Lipinski definition) is 8. The highest BCUT2D eigenvalue weighted by molar-refractivity contribution is 7.99. The first-order chi connectivity index (χ1) is 12.6. The zero-order valence-electron chi connectivity index (χ0n) is 14.6. The summed E-state index contributed by atoms with van der Waals surface area (Å²) in [6, 6.07) is 10.8. The van der Waals surface area contributed by atoms with Gasteiger partial charge in [-0.3, -0.25) is 0 Å². The number of para-hydroxylation sites is 1. The fourth-order valence-corrected chi connectivity index (χ4v) is 3.04. The van der Waals surface area contributed by atoms with Crippen LogP contribution in [0.25, 0.3) is 11.5 Å². The van der Waals surface area contributed by atoms with Crippen LogP contribution in [0.4, 0.5) is 0 Å². The number of esters is 1. The Bertz CT molecular complexity index is 889. The Morgan fingerprint density at radius 1 is 1.19 bits per heavy atom. The molecule has 0 aliphatic heterocycles. The fourth-order valence-electron chi connectivity index (χ4n) is 2.28. The maximum absolute atomic E-state index is 11.5.